The van der Waals surface area contributed by atoms with Crippen LogP contribution in [-0.2, 0) is 43.2 Å². The summed E-state index contributed by atoms with van der Waals surface area (Å²) in [6.07, 6.45) is -0.141. The summed E-state index contributed by atoms with van der Waals surface area (Å²) in [6, 6.07) is 33.4. The number of anilines is 2. The van der Waals surface area contributed by atoms with E-state index in [2.05, 4.69) is 20.8 Å². The van der Waals surface area contributed by atoms with Gasteiger partial charge in [-0.25, -0.2) is 0 Å². The Morgan fingerprint density at radius 2 is 1.63 bits per heavy atom. The number of aliphatic hydroxyl groups excluding tert-OH is 1. The summed E-state index contributed by atoms with van der Waals surface area (Å²) < 4.78 is 12.7. The highest BCUT2D eigenvalue weighted by atomic mass is 16.5. The molecule has 3 heterocycles. The first-order chi connectivity index (χ1) is 25.1. The fourth-order valence-electron chi connectivity index (χ4n) is 8.70. The van der Waals surface area contributed by atoms with Crippen LogP contribution in [0.15, 0.2) is 103 Å². The van der Waals surface area contributed by atoms with E-state index in [4.69, 9.17) is 9.47 Å². The van der Waals surface area contributed by atoms with Gasteiger partial charge in [-0.1, -0.05) is 93.6 Å². The number of rotatable bonds is 12. The van der Waals surface area contributed by atoms with Gasteiger partial charge in [-0.15, -0.1) is 0 Å². The van der Waals surface area contributed by atoms with E-state index in [9.17, 15) is 14.7 Å². The molecule has 0 aliphatic carbocycles. The molecule has 3 aliphatic heterocycles. The van der Waals surface area contributed by atoms with Gasteiger partial charge in [0, 0.05) is 49.1 Å². The SMILES string of the molecule is COc1ccc(C(C)(C)[C@@H]2[C@@H](CC(=O)N(CCO)Cc3ccccc3)O[C@]3(C(=O)N(Cc4ccccc4)c4ccc(N5CCC5=O)cc43)[C@H]2C)cc1. The van der Waals surface area contributed by atoms with Gasteiger partial charge in [0.05, 0.1) is 38.5 Å². The normalized spacial score (nSPS) is 22.4. The van der Waals surface area contributed by atoms with Gasteiger partial charge in [-0.2, -0.15) is 0 Å². The molecule has 3 amide bonds. The Morgan fingerprint density at radius 3 is 2.23 bits per heavy atom. The maximum atomic E-state index is 15.2. The van der Waals surface area contributed by atoms with Crippen molar-refractivity contribution in [3.8, 4) is 5.75 Å². The first-order valence-corrected chi connectivity index (χ1v) is 18.1. The minimum Gasteiger partial charge on any atom is -0.497 e. The molecule has 1 N–H and O–H groups in total. The van der Waals surface area contributed by atoms with Crippen molar-refractivity contribution in [1.82, 2.24) is 4.90 Å². The molecule has 1 spiro atoms. The summed E-state index contributed by atoms with van der Waals surface area (Å²) in [5.41, 5.74) is 3.22. The van der Waals surface area contributed by atoms with E-state index in [1.165, 1.54) is 0 Å². The molecule has 4 aromatic rings. The maximum absolute atomic E-state index is 15.2. The summed E-state index contributed by atoms with van der Waals surface area (Å²) >= 11 is 0. The number of β-lactam (4-membered cyclic amide) rings is 1. The summed E-state index contributed by atoms with van der Waals surface area (Å²) in [5.74, 6) is -0.215. The molecule has 52 heavy (non-hydrogen) atoms. The quantitative estimate of drug-likeness (QED) is 0.176. The van der Waals surface area contributed by atoms with Crippen molar-refractivity contribution in [3.63, 3.8) is 0 Å². The number of amides is 3. The summed E-state index contributed by atoms with van der Waals surface area (Å²) in [5, 5.41) is 10.0. The second-order valence-electron chi connectivity index (χ2n) is 14.8. The maximum Gasteiger partial charge on any atom is 0.264 e. The Morgan fingerprint density at radius 1 is 0.962 bits per heavy atom. The topological polar surface area (TPSA) is 99.6 Å². The van der Waals surface area contributed by atoms with Crippen molar-refractivity contribution in [3.05, 3.63) is 125 Å². The molecular formula is C43H47N3O6. The largest absolute Gasteiger partial charge is 0.497 e. The molecule has 4 atom stereocenters. The average Bonchev–Trinajstić information content (AvgIpc) is 3.57. The van der Waals surface area contributed by atoms with Crippen LogP contribution in [0.3, 0.4) is 0 Å². The van der Waals surface area contributed by atoms with Gasteiger partial charge >= 0.3 is 0 Å². The van der Waals surface area contributed by atoms with Crippen LogP contribution in [0.25, 0.3) is 0 Å². The number of carbonyl (C=O) groups excluding carboxylic acids is 3. The number of nitrogens with zero attached hydrogens (tertiary/aromatic N) is 3. The van der Waals surface area contributed by atoms with Crippen LogP contribution < -0.4 is 14.5 Å². The third kappa shape index (κ3) is 6.16. The zero-order chi connectivity index (χ0) is 36.6. The van der Waals surface area contributed by atoms with Crippen molar-refractivity contribution >= 4 is 29.1 Å². The Labute approximate surface area is 305 Å². The van der Waals surface area contributed by atoms with Crippen molar-refractivity contribution in [1.29, 1.82) is 0 Å². The van der Waals surface area contributed by atoms with E-state index < -0.39 is 17.1 Å². The number of aliphatic hydroxyl groups is 1. The first-order valence-electron chi connectivity index (χ1n) is 18.1. The third-order valence-corrected chi connectivity index (χ3v) is 11.5. The lowest BCUT2D eigenvalue weighted by molar-refractivity contribution is -0.150. The molecule has 9 nitrogen and oxygen atoms in total. The Kier molecular flexibility index (Phi) is 9.67. The van der Waals surface area contributed by atoms with Crippen LogP contribution in [0.4, 0.5) is 11.4 Å². The third-order valence-electron chi connectivity index (χ3n) is 11.5. The van der Waals surface area contributed by atoms with Gasteiger partial charge in [-0.3, -0.25) is 14.4 Å². The molecule has 0 unspecified atom stereocenters. The molecule has 4 aromatic carbocycles. The molecule has 0 radical (unpaired) electrons. The molecule has 0 aromatic heterocycles. The van der Waals surface area contributed by atoms with Crippen molar-refractivity contribution in [2.75, 3.05) is 36.6 Å². The second-order valence-corrected chi connectivity index (χ2v) is 14.8. The van der Waals surface area contributed by atoms with Crippen LogP contribution in [0.2, 0.25) is 0 Å². The summed E-state index contributed by atoms with van der Waals surface area (Å²) in [4.78, 5) is 47.4. The lowest BCUT2D eigenvalue weighted by Gasteiger charge is -2.39. The highest BCUT2D eigenvalue weighted by molar-refractivity contribution is 6.09. The molecule has 7 rings (SSSR count). The van der Waals surface area contributed by atoms with E-state index in [1.54, 1.807) is 21.8 Å². The van der Waals surface area contributed by atoms with E-state index in [-0.39, 0.29) is 49.1 Å². The molecule has 2 saturated heterocycles. The van der Waals surface area contributed by atoms with Crippen molar-refractivity contribution in [2.45, 2.75) is 63.8 Å². The van der Waals surface area contributed by atoms with Gasteiger partial charge in [0.25, 0.3) is 5.91 Å². The van der Waals surface area contributed by atoms with E-state index >= 15 is 4.79 Å². The highest BCUT2D eigenvalue weighted by Gasteiger charge is 2.66. The number of ether oxygens (including phenoxy) is 2. The Balaban J connectivity index is 1.33. The molecule has 3 aliphatic rings. The smallest absolute Gasteiger partial charge is 0.264 e. The fourth-order valence-corrected chi connectivity index (χ4v) is 8.70. The zero-order valence-corrected chi connectivity index (χ0v) is 30.3. The van der Waals surface area contributed by atoms with Gasteiger partial charge in [0.15, 0.2) is 5.60 Å². The number of benzene rings is 4. The minimum atomic E-state index is -1.41. The standard InChI is InChI=1S/C43H47N3O6/c1-29-40(42(2,3)32-15-18-34(51-4)19-16-32)37(26-39(49)44(23-24-47)27-30-11-7-5-8-12-30)52-43(29)35-25-33(45-22-21-38(45)48)17-20-36(35)46(41(43)50)28-31-13-9-6-10-14-31/h5-20,25,29,37,40,47H,21-24,26-28H2,1-4H3/t29-,37+,40-,43+/m0/s1. The van der Waals surface area contributed by atoms with Crippen LogP contribution >= 0.6 is 0 Å². The molecule has 0 saturated carbocycles. The van der Waals surface area contributed by atoms with E-state index in [0.717, 1.165) is 39.4 Å². The van der Waals surface area contributed by atoms with Crippen LogP contribution in [0, 0.1) is 11.8 Å². The van der Waals surface area contributed by atoms with Crippen LogP contribution in [0.1, 0.15) is 55.9 Å². The second kappa shape index (κ2) is 14.2. The zero-order valence-electron chi connectivity index (χ0n) is 30.3. The number of methoxy groups -OCH3 is 1. The predicted molar refractivity (Wildman–Crippen MR) is 200 cm³/mol. The Bertz CT molecular complexity index is 1930. The number of hydrogen-bond acceptors (Lipinski definition) is 6. The predicted octanol–water partition coefficient (Wildman–Crippen LogP) is 6.21. The van der Waals surface area contributed by atoms with Gasteiger partial charge in [0.1, 0.15) is 5.75 Å². The van der Waals surface area contributed by atoms with E-state index in [0.29, 0.717) is 26.1 Å². The Hall–Kier alpha value is -4.99. The van der Waals surface area contributed by atoms with Gasteiger partial charge in [0.2, 0.25) is 11.8 Å². The first kappa shape index (κ1) is 35.4. The average molecular weight is 702 g/mol. The molecule has 9 heteroatoms. The molecular weight excluding hydrogens is 654 g/mol. The van der Waals surface area contributed by atoms with E-state index in [1.807, 2.05) is 103 Å². The summed E-state index contributed by atoms with van der Waals surface area (Å²) in [6.45, 7) is 7.70. The lowest BCUT2D eigenvalue weighted by Crippen LogP contribution is -2.46. The molecule has 0 bridgehead atoms. The fraction of sp³-hybridized carbons (Fsp3) is 0.372. The van der Waals surface area contributed by atoms with Crippen molar-refractivity contribution in [2.24, 2.45) is 11.8 Å². The van der Waals surface area contributed by atoms with Crippen LogP contribution in [-0.4, -0.2) is 60.6 Å². The minimum absolute atomic E-state index is 0.0226. The van der Waals surface area contributed by atoms with Gasteiger partial charge < -0.3 is 29.3 Å². The molecule has 2 fully saturated rings. The highest BCUT2D eigenvalue weighted by Crippen LogP contribution is 2.60. The monoisotopic (exact) mass is 701 g/mol. The number of carbonyl (C=O) groups is 3. The van der Waals surface area contributed by atoms with Gasteiger partial charge in [-0.05, 0) is 52.4 Å². The number of fused-ring (bicyclic) bond motifs is 2. The van der Waals surface area contributed by atoms with Crippen molar-refractivity contribution < 1.29 is 29.0 Å². The number of hydrogen-bond donors (Lipinski definition) is 1. The molecule has 270 valence electrons. The lowest BCUT2D eigenvalue weighted by atomic mass is 9.63. The van der Waals surface area contributed by atoms with Crippen LogP contribution in [0.5, 0.6) is 5.75 Å². The summed E-state index contributed by atoms with van der Waals surface area (Å²) in [7, 11) is 1.64.